The van der Waals surface area contributed by atoms with Crippen molar-refractivity contribution in [2.45, 2.75) is 67.7 Å². The molecule has 1 radical (unpaired) electrons. The van der Waals surface area contributed by atoms with Gasteiger partial charge in [0.1, 0.15) is 5.76 Å². The number of hydrogen-bond acceptors (Lipinski definition) is 5. The molecule has 0 spiro atoms. The number of aromatic nitrogens is 3. The predicted molar refractivity (Wildman–Crippen MR) is 154 cm³/mol. The molecular formula is C32H38IrN3O3-. The summed E-state index contributed by atoms with van der Waals surface area (Å²) >= 11 is 0. The fraction of sp³-hybridized carbons (Fsp3) is 0.375. The average molecular weight is 705 g/mol. The van der Waals surface area contributed by atoms with Crippen LogP contribution in [0.1, 0.15) is 68.0 Å². The van der Waals surface area contributed by atoms with E-state index < -0.39 is 5.41 Å². The van der Waals surface area contributed by atoms with Crippen molar-refractivity contribution in [1.29, 1.82) is 0 Å². The summed E-state index contributed by atoms with van der Waals surface area (Å²) in [7, 11) is 0. The molecule has 39 heavy (non-hydrogen) atoms. The fourth-order valence-electron chi connectivity index (χ4n) is 3.70. The third-order valence-corrected chi connectivity index (χ3v) is 6.10. The molecule has 3 aromatic heterocycles. The molecule has 0 saturated carbocycles. The van der Waals surface area contributed by atoms with Crippen molar-refractivity contribution in [3.8, 4) is 11.3 Å². The average Bonchev–Trinajstić information content (AvgIpc) is 2.82. The Hall–Kier alpha value is -3.15. The van der Waals surface area contributed by atoms with Crippen molar-refractivity contribution < 1.29 is 30.0 Å². The number of carbonyl (C=O) groups excluding carboxylic acids is 1. The molecule has 1 aromatic carbocycles. The summed E-state index contributed by atoms with van der Waals surface area (Å²) < 4.78 is 1.98. The zero-order valence-corrected chi connectivity index (χ0v) is 26.6. The quantitative estimate of drug-likeness (QED) is 0.104. The number of pyridine rings is 2. The number of carbonyl (C=O) groups is 1. The third kappa shape index (κ3) is 7.71. The SMILES string of the molecule is CC(C)(C)C(=O)C=C(O)C(C)(C)C.CC(C)(C)c1cc(=O)nc2c3[c-]cnc(-c4ccccc4)c3ccn12.[Ir]. The van der Waals surface area contributed by atoms with E-state index in [1.54, 1.807) is 12.3 Å². The van der Waals surface area contributed by atoms with Gasteiger partial charge in [0.05, 0.1) is 0 Å². The molecule has 1 N–H and O–H groups in total. The summed E-state index contributed by atoms with van der Waals surface area (Å²) in [5.74, 6) is 0.104. The number of benzene rings is 1. The maximum Gasteiger partial charge on any atom is 0.261 e. The van der Waals surface area contributed by atoms with Crippen LogP contribution in [0.25, 0.3) is 27.7 Å². The largest absolute Gasteiger partial charge is 0.512 e. The molecule has 4 aromatic rings. The molecule has 0 saturated heterocycles. The Morgan fingerprint density at radius 3 is 2.10 bits per heavy atom. The van der Waals surface area contributed by atoms with Gasteiger partial charge in [-0.2, -0.15) is 6.07 Å². The molecule has 0 aliphatic heterocycles. The Labute approximate surface area is 244 Å². The molecule has 3 heterocycles. The zero-order chi connectivity index (χ0) is 28.5. The Balaban J connectivity index is 0.000000328. The first-order valence-corrected chi connectivity index (χ1v) is 12.7. The summed E-state index contributed by atoms with van der Waals surface area (Å²) in [5.41, 5.74) is 2.27. The monoisotopic (exact) mass is 705 g/mol. The molecule has 0 amide bonds. The van der Waals surface area contributed by atoms with Crippen molar-refractivity contribution >= 4 is 22.2 Å². The number of rotatable bonds is 2. The van der Waals surface area contributed by atoms with E-state index >= 15 is 0 Å². The van der Waals surface area contributed by atoms with Gasteiger partial charge in [0.2, 0.25) is 0 Å². The van der Waals surface area contributed by atoms with Gasteiger partial charge in [0, 0.05) is 65.5 Å². The molecule has 209 valence electrons. The van der Waals surface area contributed by atoms with E-state index in [0.717, 1.165) is 27.7 Å². The van der Waals surface area contributed by atoms with Gasteiger partial charge in [-0.05, 0) is 18.0 Å². The number of fused-ring (bicyclic) bond motifs is 3. The van der Waals surface area contributed by atoms with Crippen LogP contribution >= 0.6 is 0 Å². The van der Waals surface area contributed by atoms with Crippen molar-refractivity contribution in [3.05, 3.63) is 88.8 Å². The second-order valence-corrected chi connectivity index (χ2v) is 12.5. The Morgan fingerprint density at radius 2 is 1.56 bits per heavy atom. The molecule has 0 bridgehead atoms. The first kappa shape index (κ1) is 32.1. The van der Waals surface area contributed by atoms with Crippen LogP contribution in [0.3, 0.4) is 0 Å². The smallest absolute Gasteiger partial charge is 0.261 e. The van der Waals surface area contributed by atoms with Gasteiger partial charge in [0.15, 0.2) is 5.78 Å². The van der Waals surface area contributed by atoms with Gasteiger partial charge in [-0.3, -0.25) is 19.6 Å². The van der Waals surface area contributed by atoms with Crippen molar-refractivity contribution in [2.24, 2.45) is 10.8 Å². The molecular weight excluding hydrogens is 667 g/mol. The maximum atomic E-state index is 12.2. The fourth-order valence-corrected chi connectivity index (χ4v) is 3.70. The number of hydrogen-bond donors (Lipinski definition) is 1. The van der Waals surface area contributed by atoms with E-state index in [-0.39, 0.29) is 48.0 Å². The summed E-state index contributed by atoms with van der Waals surface area (Å²) in [4.78, 5) is 32.4. The van der Waals surface area contributed by atoms with Crippen LogP contribution in [-0.4, -0.2) is 25.3 Å². The van der Waals surface area contributed by atoms with E-state index in [1.807, 2.05) is 88.5 Å². The molecule has 4 rings (SSSR count). The van der Waals surface area contributed by atoms with Crippen LogP contribution in [0, 0.1) is 16.9 Å². The number of ketones is 1. The second kappa shape index (κ2) is 11.9. The van der Waals surface area contributed by atoms with E-state index in [9.17, 15) is 14.7 Å². The number of allylic oxidation sites excluding steroid dienone is 2. The van der Waals surface area contributed by atoms with Gasteiger partial charge < -0.3 is 9.51 Å². The van der Waals surface area contributed by atoms with Crippen LogP contribution in [0.5, 0.6) is 0 Å². The van der Waals surface area contributed by atoms with E-state index in [2.05, 4.69) is 36.8 Å². The summed E-state index contributed by atoms with van der Waals surface area (Å²) in [5, 5.41) is 11.3. The molecule has 0 unspecified atom stereocenters. The first-order valence-electron chi connectivity index (χ1n) is 12.7. The third-order valence-electron chi connectivity index (χ3n) is 6.10. The maximum absolute atomic E-state index is 12.2. The topological polar surface area (TPSA) is 84.6 Å². The number of aliphatic hydroxyl groups excluding tert-OH is 1. The molecule has 7 heteroatoms. The van der Waals surface area contributed by atoms with Crippen molar-refractivity contribution in [2.75, 3.05) is 0 Å². The van der Waals surface area contributed by atoms with Crippen LogP contribution < -0.4 is 5.56 Å². The zero-order valence-electron chi connectivity index (χ0n) is 24.2. The van der Waals surface area contributed by atoms with E-state index in [0.29, 0.717) is 5.65 Å². The summed E-state index contributed by atoms with van der Waals surface area (Å²) in [6, 6.07) is 16.8. The van der Waals surface area contributed by atoms with Crippen LogP contribution in [0.4, 0.5) is 0 Å². The van der Waals surface area contributed by atoms with Gasteiger partial charge in [0.25, 0.3) is 5.56 Å². The Bertz CT molecular complexity index is 1550. The van der Waals surface area contributed by atoms with E-state index in [4.69, 9.17) is 0 Å². The van der Waals surface area contributed by atoms with Crippen LogP contribution in [0.15, 0.2) is 71.5 Å². The Kier molecular flexibility index (Phi) is 9.81. The minimum atomic E-state index is -0.417. The summed E-state index contributed by atoms with van der Waals surface area (Å²) in [6.45, 7) is 17.4. The molecule has 0 aliphatic rings. The normalized spacial score (nSPS) is 12.5. The minimum Gasteiger partial charge on any atom is -0.512 e. The molecule has 0 fully saturated rings. The van der Waals surface area contributed by atoms with E-state index in [1.165, 1.54) is 6.08 Å². The van der Waals surface area contributed by atoms with Crippen molar-refractivity contribution in [1.82, 2.24) is 14.4 Å². The van der Waals surface area contributed by atoms with Crippen LogP contribution in [0.2, 0.25) is 0 Å². The second-order valence-electron chi connectivity index (χ2n) is 12.5. The number of aliphatic hydroxyl groups is 1. The Morgan fingerprint density at radius 1 is 0.949 bits per heavy atom. The standard InChI is InChI=1S/C21H18N3O.C11H20O2.Ir/c1-21(2,3)17-13-18(25)23-20-16-9-11-22-19(14-7-5-4-6-8-14)15(16)10-12-24(17)20;1-10(2,3)8(12)7-9(13)11(4,5)6;/h4-8,10-13H,1-3H3;7,12H,1-6H3;/q-1;;. The van der Waals surface area contributed by atoms with Crippen molar-refractivity contribution in [3.63, 3.8) is 0 Å². The molecule has 0 atom stereocenters. The van der Waals surface area contributed by atoms with Gasteiger partial charge in [-0.1, -0.05) is 104 Å². The van der Waals surface area contributed by atoms with Crippen LogP contribution in [-0.2, 0) is 30.3 Å². The number of nitrogens with zero attached hydrogens (tertiary/aromatic N) is 3. The predicted octanol–water partition coefficient (Wildman–Crippen LogP) is 7.09. The minimum absolute atomic E-state index is 0. The summed E-state index contributed by atoms with van der Waals surface area (Å²) in [6.07, 6.45) is 4.95. The molecule has 6 nitrogen and oxygen atoms in total. The van der Waals surface area contributed by atoms with Gasteiger partial charge in [-0.15, -0.1) is 5.39 Å². The van der Waals surface area contributed by atoms with Gasteiger partial charge >= 0.3 is 0 Å². The first-order chi connectivity index (χ1) is 17.5. The van der Waals surface area contributed by atoms with Gasteiger partial charge in [-0.25, -0.2) is 0 Å². The molecule has 0 aliphatic carbocycles.